The molecule has 0 bridgehead atoms. The molecule has 2 N–H and O–H groups in total. The van der Waals surface area contributed by atoms with E-state index in [2.05, 4.69) is 20.5 Å². The predicted molar refractivity (Wildman–Crippen MR) is 92.4 cm³/mol. The maximum atomic E-state index is 12.9. The second-order valence-electron chi connectivity index (χ2n) is 5.20. The van der Waals surface area contributed by atoms with Gasteiger partial charge in [0.05, 0.1) is 7.11 Å². The monoisotopic (exact) mass is 362 g/mol. The van der Waals surface area contributed by atoms with E-state index in [0.29, 0.717) is 29.0 Å². The van der Waals surface area contributed by atoms with E-state index < -0.39 is 0 Å². The molecule has 2 aromatic carbocycles. The number of benzene rings is 2. The molecule has 130 valence electrons. The number of aromatic amines is 1. The van der Waals surface area contributed by atoms with Gasteiger partial charge in [-0.05, 0) is 29.3 Å². The number of methoxy groups -OCH3 is 1. The van der Waals surface area contributed by atoms with Gasteiger partial charge in [-0.2, -0.15) is 5.10 Å². The number of hydrogen-bond acceptors (Lipinski definition) is 5. The molecule has 8 heteroatoms. The highest BCUT2D eigenvalue weighted by Gasteiger charge is 2.11. The molecule has 3 rings (SSSR count). The van der Waals surface area contributed by atoms with Gasteiger partial charge in [-0.15, -0.1) is 0 Å². The molecule has 0 unspecified atom stereocenters. The highest BCUT2D eigenvalue weighted by atomic mass is 35.5. The van der Waals surface area contributed by atoms with E-state index >= 15 is 0 Å². The third kappa shape index (κ3) is 4.39. The van der Waals surface area contributed by atoms with Crippen LogP contribution in [0.1, 0.15) is 11.1 Å². The first-order valence-corrected chi connectivity index (χ1v) is 7.86. The number of H-pyrrole nitrogens is 1. The van der Waals surface area contributed by atoms with Crippen molar-refractivity contribution in [1.82, 2.24) is 15.2 Å². The van der Waals surface area contributed by atoms with Gasteiger partial charge in [0.1, 0.15) is 18.8 Å². The molecule has 6 nitrogen and oxygen atoms in total. The largest absolute Gasteiger partial charge is 0.493 e. The Hall–Kier alpha value is -2.80. The topological polar surface area (TPSA) is 72.1 Å². The van der Waals surface area contributed by atoms with Gasteiger partial charge in [-0.3, -0.25) is 0 Å². The maximum Gasteiger partial charge on any atom is 0.218 e. The van der Waals surface area contributed by atoms with Crippen LogP contribution >= 0.6 is 11.6 Å². The van der Waals surface area contributed by atoms with Crippen molar-refractivity contribution < 1.29 is 13.9 Å². The predicted octanol–water partition coefficient (Wildman–Crippen LogP) is 3.80. The molecule has 0 spiro atoms. The first-order chi connectivity index (χ1) is 12.2. The standard InChI is InChI=1S/C17H16ClFN4O2/c1-24-15-6-12(8-20-17-21-10-22-23-17)14(18)7-16(15)25-9-11-2-4-13(19)5-3-11/h2-7,10H,8-9H2,1H3,(H2,20,21,22,23). The van der Waals surface area contributed by atoms with Crippen molar-refractivity contribution in [3.63, 3.8) is 0 Å². The number of rotatable bonds is 7. The Morgan fingerprint density at radius 2 is 2.00 bits per heavy atom. The summed E-state index contributed by atoms with van der Waals surface area (Å²) in [5, 5.41) is 10.1. The Balaban J connectivity index is 1.71. The maximum absolute atomic E-state index is 12.9. The lowest BCUT2D eigenvalue weighted by Gasteiger charge is -2.14. The van der Waals surface area contributed by atoms with Gasteiger partial charge in [-0.1, -0.05) is 23.7 Å². The van der Waals surface area contributed by atoms with Crippen LogP contribution in [0.15, 0.2) is 42.7 Å². The van der Waals surface area contributed by atoms with Crippen molar-refractivity contribution in [1.29, 1.82) is 0 Å². The van der Waals surface area contributed by atoms with E-state index in [1.54, 1.807) is 31.4 Å². The van der Waals surface area contributed by atoms with Crippen LogP contribution in [-0.4, -0.2) is 22.3 Å². The third-order valence-corrected chi connectivity index (χ3v) is 3.85. The molecule has 0 aliphatic rings. The van der Waals surface area contributed by atoms with Crippen molar-refractivity contribution in [3.8, 4) is 11.5 Å². The molecule has 0 amide bonds. The number of aromatic nitrogens is 3. The average Bonchev–Trinajstić information content (AvgIpc) is 3.14. The lowest BCUT2D eigenvalue weighted by atomic mass is 10.2. The van der Waals surface area contributed by atoms with Crippen LogP contribution in [-0.2, 0) is 13.2 Å². The fourth-order valence-corrected chi connectivity index (χ4v) is 2.42. The number of halogens is 2. The summed E-state index contributed by atoms with van der Waals surface area (Å²) >= 11 is 6.33. The molecule has 0 aliphatic heterocycles. The minimum absolute atomic E-state index is 0.280. The lowest BCUT2D eigenvalue weighted by Crippen LogP contribution is -2.04. The summed E-state index contributed by atoms with van der Waals surface area (Å²) in [6.07, 6.45) is 1.41. The van der Waals surface area contributed by atoms with Crippen LogP contribution in [0.25, 0.3) is 0 Å². The Kier molecular flexibility index (Phi) is 5.35. The Bertz CT molecular complexity index is 825. The minimum atomic E-state index is -0.284. The van der Waals surface area contributed by atoms with Crippen molar-refractivity contribution in [2.45, 2.75) is 13.2 Å². The highest BCUT2D eigenvalue weighted by molar-refractivity contribution is 6.31. The summed E-state index contributed by atoms with van der Waals surface area (Å²) < 4.78 is 24.1. The Morgan fingerprint density at radius 1 is 1.20 bits per heavy atom. The van der Waals surface area contributed by atoms with Gasteiger partial charge < -0.3 is 14.8 Å². The van der Waals surface area contributed by atoms with Crippen LogP contribution in [0, 0.1) is 5.82 Å². The quantitative estimate of drug-likeness (QED) is 0.669. The summed E-state index contributed by atoms with van der Waals surface area (Å²) in [7, 11) is 1.56. The SMILES string of the molecule is COc1cc(CNc2ncn[nH]2)c(Cl)cc1OCc1ccc(F)cc1. The van der Waals surface area contributed by atoms with E-state index in [1.165, 1.54) is 18.5 Å². The van der Waals surface area contributed by atoms with E-state index in [1.807, 2.05) is 0 Å². The zero-order valence-corrected chi connectivity index (χ0v) is 14.2. The number of nitrogens with one attached hydrogen (secondary N) is 2. The number of nitrogens with zero attached hydrogens (tertiary/aromatic N) is 2. The molecule has 0 atom stereocenters. The minimum Gasteiger partial charge on any atom is -0.493 e. The average molecular weight is 363 g/mol. The second-order valence-corrected chi connectivity index (χ2v) is 5.60. The summed E-state index contributed by atoms with van der Waals surface area (Å²) in [5.74, 6) is 1.33. The summed E-state index contributed by atoms with van der Waals surface area (Å²) in [5.41, 5.74) is 1.67. The molecular weight excluding hydrogens is 347 g/mol. The van der Waals surface area contributed by atoms with Crippen LogP contribution in [0.4, 0.5) is 10.3 Å². The zero-order chi connectivity index (χ0) is 17.6. The Morgan fingerprint density at radius 3 is 2.68 bits per heavy atom. The van der Waals surface area contributed by atoms with Gasteiger partial charge in [0.2, 0.25) is 5.95 Å². The normalized spacial score (nSPS) is 10.5. The fourth-order valence-electron chi connectivity index (χ4n) is 2.20. The van der Waals surface area contributed by atoms with E-state index in [-0.39, 0.29) is 12.4 Å². The summed E-state index contributed by atoms with van der Waals surface area (Å²) in [6.45, 7) is 0.727. The molecule has 0 saturated heterocycles. The summed E-state index contributed by atoms with van der Waals surface area (Å²) in [6, 6.07) is 9.60. The number of anilines is 1. The van der Waals surface area contributed by atoms with E-state index in [4.69, 9.17) is 21.1 Å². The summed E-state index contributed by atoms with van der Waals surface area (Å²) in [4.78, 5) is 3.99. The van der Waals surface area contributed by atoms with Gasteiger partial charge in [-0.25, -0.2) is 14.5 Å². The molecule has 0 fully saturated rings. The first kappa shape index (κ1) is 17.0. The van der Waals surface area contributed by atoms with Crippen molar-refractivity contribution in [2.75, 3.05) is 12.4 Å². The number of hydrogen-bond donors (Lipinski definition) is 2. The smallest absolute Gasteiger partial charge is 0.218 e. The molecule has 1 aromatic heterocycles. The van der Waals surface area contributed by atoms with Crippen LogP contribution in [0.5, 0.6) is 11.5 Å². The van der Waals surface area contributed by atoms with Crippen LogP contribution in [0.2, 0.25) is 5.02 Å². The van der Waals surface area contributed by atoms with Gasteiger partial charge in [0.15, 0.2) is 11.5 Å². The second kappa shape index (κ2) is 7.85. The van der Waals surface area contributed by atoms with Crippen molar-refractivity contribution in [3.05, 3.63) is 64.7 Å². The van der Waals surface area contributed by atoms with Crippen LogP contribution in [0.3, 0.4) is 0 Å². The van der Waals surface area contributed by atoms with E-state index in [0.717, 1.165) is 11.1 Å². The fraction of sp³-hybridized carbons (Fsp3) is 0.176. The van der Waals surface area contributed by atoms with Gasteiger partial charge in [0, 0.05) is 17.6 Å². The van der Waals surface area contributed by atoms with Crippen molar-refractivity contribution in [2.24, 2.45) is 0 Å². The zero-order valence-electron chi connectivity index (χ0n) is 13.4. The van der Waals surface area contributed by atoms with Crippen molar-refractivity contribution >= 4 is 17.5 Å². The van der Waals surface area contributed by atoms with Crippen LogP contribution < -0.4 is 14.8 Å². The van der Waals surface area contributed by atoms with Gasteiger partial charge in [0.25, 0.3) is 0 Å². The molecule has 0 radical (unpaired) electrons. The molecule has 1 heterocycles. The molecule has 25 heavy (non-hydrogen) atoms. The van der Waals surface area contributed by atoms with Gasteiger partial charge >= 0.3 is 0 Å². The molecule has 0 saturated carbocycles. The first-order valence-electron chi connectivity index (χ1n) is 7.48. The lowest BCUT2D eigenvalue weighted by molar-refractivity contribution is 0.284. The number of ether oxygens (including phenoxy) is 2. The molecule has 3 aromatic rings. The highest BCUT2D eigenvalue weighted by Crippen LogP contribution is 2.34. The third-order valence-electron chi connectivity index (χ3n) is 3.50. The molecular formula is C17H16ClFN4O2. The molecule has 0 aliphatic carbocycles. The van der Waals surface area contributed by atoms with E-state index in [9.17, 15) is 4.39 Å². The Labute approximate surface area is 149 Å².